The number of aromatic nitrogens is 1. The Labute approximate surface area is 161 Å². The van der Waals surface area contributed by atoms with Gasteiger partial charge in [-0.05, 0) is 54.1 Å². The van der Waals surface area contributed by atoms with Gasteiger partial charge < -0.3 is 14.0 Å². The van der Waals surface area contributed by atoms with Crippen molar-refractivity contribution in [3.05, 3.63) is 51.8 Å². The number of hydrogen-bond acceptors (Lipinski definition) is 5. The van der Waals surface area contributed by atoms with Gasteiger partial charge in [-0.3, -0.25) is 5.41 Å². The van der Waals surface area contributed by atoms with E-state index in [0.29, 0.717) is 23.6 Å². The minimum Gasteiger partial charge on any atom is -0.493 e. The van der Waals surface area contributed by atoms with Crippen LogP contribution in [0.15, 0.2) is 29.6 Å². The molecule has 0 bridgehead atoms. The number of thiophene rings is 1. The van der Waals surface area contributed by atoms with Crippen molar-refractivity contribution >= 4 is 11.3 Å². The smallest absolute Gasteiger partial charge is 0.161 e. The predicted octanol–water partition coefficient (Wildman–Crippen LogP) is 4.12. The number of aryl methyl sites for hydroxylation is 2. The number of nitriles is 1. The molecule has 2 aromatic heterocycles. The average molecular weight is 377 g/mol. The Morgan fingerprint density at radius 2 is 1.89 bits per heavy atom. The van der Waals surface area contributed by atoms with Crippen molar-refractivity contribution < 1.29 is 9.47 Å². The number of nitrogens with one attached hydrogen (secondary N) is 1. The van der Waals surface area contributed by atoms with Crippen LogP contribution in [0.25, 0.3) is 21.7 Å². The standard InChI is InChI=1S/C21H19N3O2S/c1-12-5-7-27-20(12)15-9-17-14-10-19(26-3)18(25-2)8-13(14)4-6-24(17)21(23)16(15)11-22/h5,7-10,23H,4,6H2,1-3H3. The zero-order chi connectivity index (χ0) is 19.1. The third-order valence-electron chi connectivity index (χ3n) is 5.06. The van der Waals surface area contributed by atoms with E-state index in [1.807, 2.05) is 41.1 Å². The number of ether oxygens (including phenoxy) is 2. The van der Waals surface area contributed by atoms with Gasteiger partial charge in [0.2, 0.25) is 0 Å². The summed E-state index contributed by atoms with van der Waals surface area (Å²) in [5, 5.41) is 20.4. The Hall–Kier alpha value is -3.04. The maximum atomic E-state index is 9.72. The van der Waals surface area contributed by atoms with Gasteiger partial charge in [0.1, 0.15) is 17.1 Å². The van der Waals surface area contributed by atoms with Crippen molar-refractivity contribution in [1.82, 2.24) is 4.57 Å². The van der Waals surface area contributed by atoms with Crippen LogP contribution < -0.4 is 15.0 Å². The van der Waals surface area contributed by atoms with Gasteiger partial charge in [-0.1, -0.05) is 0 Å². The van der Waals surface area contributed by atoms with Gasteiger partial charge in [0.05, 0.1) is 19.9 Å². The normalized spacial score (nSPS) is 12.1. The highest BCUT2D eigenvalue weighted by molar-refractivity contribution is 7.13. The van der Waals surface area contributed by atoms with E-state index in [4.69, 9.17) is 14.9 Å². The Morgan fingerprint density at radius 1 is 1.15 bits per heavy atom. The summed E-state index contributed by atoms with van der Waals surface area (Å²) in [5.74, 6) is 1.37. The topological polar surface area (TPSA) is 71.0 Å². The summed E-state index contributed by atoms with van der Waals surface area (Å²) in [7, 11) is 3.25. The Balaban J connectivity index is 2.04. The van der Waals surface area contributed by atoms with Crippen molar-refractivity contribution in [2.75, 3.05) is 14.2 Å². The van der Waals surface area contributed by atoms with E-state index in [1.165, 1.54) is 0 Å². The van der Waals surface area contributed by atoms with E-state index in [1.54, 1.807) is 25.6 Å². The van der Waals surface area contributed by atoms with Crippen LogP contribution in [0, 0.1) is 23.7 Å². The third kappa shape index (κ3) is 2.63. The molecule has 1 aliphatic rings. The first kappa shape index (κ1) is 17.4. The van der Waals surface area contributed by atoms with Gasteiger partial charge in [0.25, 0.3) is 0 Å². The molecule has 5 nitrogen and oxygen atoms in total. The number of methoxy groups -OCH3 is 2. The summed E-state index contributed by atoms with van der Waals surface area (Å²) in [6.07, 6.45) is 0.779. The van der Waals surface area contributed by atoms with Crippen LogP contribution in [0.5, 0.6) is 11.5 Å². The molecule has 0 atom stereocenters. The minimum atomic E-state index is 0.262. The average Bonchev–Trinajstić information content (AvgIpc) is 3.12. The fraction of sp³-hybridized carbons (Fsp3) is 0.238. The van der Waals surface area contributed by atoms with E-state index in [0.717, 1.165) is 39.2 Å². The van der Waals surface area contributed by atoms with Crippen LogP contribution in [0.4, 0.5) is 0 Å². The summed E-state index contributed by atoms with van der Waals surface area (Å²) in [4.78, 5) is 1.04. The second kappa shape index (κ2) is 6.60. The van der Waals surface area contributed by atoms with E-state index >= 15 is 0 Å². The zero-order valence-corrected chi connectivity index (χ0v) is 16.2. The molecule has 1 aromatic carbocycles. The lowest BCUT2D eigenvalue weighted by Crippen LogP contribution is -2.28. The highest BCUT2D eigenvalue weighted by atomic mass is 32.1. The predicted molar refractivity (Wildman–Crippen MR) is 105 cm³/mol. The molecule has 0 saturated heterocycles. The molecular weight excluding hydrogens is 358 g/mol. The van der Waals surface area contributed by atoms with Gasteiger partial charge in [0, 0.05) is 22.5 Å². The lowest BCUT2D eigenvalue weighted by Gasteiger charge is -2.25. The highest BCUT2D eigenvalue weighted by Crippen LogP contribution is 2.40. The summed E-state index contributed by atoms with van der Waals surface area (Å²) >= 11 is 1.60. The molecule has 0 aliphatic carbocycles. The van der Waals surface area contributed by atoms with Crippen LogP contribution in [0.3, 0.4) is 0 Å². The first-order chi connectivity index (χ1) is 13.1. The second-order valence-corrected chi connectivity index (χ2v) is 7.39. The van der Waals surface area contributed by atoms with E-state index in [9.17, 15) is 5.26 Å². The number of benzene rings is 1. The fourth-order valence-corrected chi connectivity index (χ4v) is 4.61. The van der Waals surface area contributed by atoms with Crippen molar-refractivity contribution in [2.24, 2.45) is 0 Å². The molecule has 1 N–H and O–H groups in total. The van der Waals surface area contributed by atoms with Crippen molar-refractivity contribution in [2.45, 2.75) is 19.9 Å². The maximum Gasteiger partial charge on any atom is 0.161 e. The Kier molecular flexibility index (Phi) is 4.25. The van der Waals surface area contributed by atoms with Gasteiger partial charge >= 0.3 is 0 Å². The third-order valence-corrected chi connectivity index (χ3v) is 6.11. The molecule has 3 heterocycles. The van der Waals surface area contributed by atoms with Gasteiger partial charge in [-0.25, -0.2) is 0 Å². The van der Waals surface area contributed by atoms with E-state index in [2.05, 4.69) is 6.07 Å². The molecule has 0 fully saturated rings. The van der Waals surface area contributed by atoms with Gasteiger partial charge in [-0.2, -0.15) is 5.26 Å². The SMILES string of the molecule is COc1cc2c(cc1OC)-c1cc(-c3sccc3C)c(C#N)c(=N)n1CC2. The van der Waals surface area contributed by atoms with Crippen molar-refractivity contribution in [3.63, 3.8) is 0 Å². The molecule has 136 valence electrons. The quantitative estimate of drug-likeness (QED) is 0.746. The first-order valence-corrected chi connectivity index (χ1v) is 9.49. The maximum absolute atomic E-state index is 9.72. The number of pyridine rings is 1. The molecule has 0 saturated carbocycles. The van der Waals surface area contributed by atoms with Crippen LogP contribution in [-0.4, -0.2) is 18.8 Å². The molecular formula is C21H19N3O2S. The molecule has 6 heteroatoms. The van der Waals surface area contributed by atoms with Crippen LogP contribution >= 0.6 is 11.3 Å². The van der Waals surface area contributed by atoms with Crippen molar-refractivity contribution in [1.29, 1.82) is 10.7 Å². The first-order valence-electron chi connectivity index (χ1n) is 8.61. The summed E-state index contributed by atoms with van der Waals surface area (Å²) < 4.78 is 12.8. The molecule has 0 unspecified atom stereocenters. The molecule has 4 rings (SSSR count). The van der Waals surface area contributed by atoms with Crippen LogP contribution in [-0.2, 0) is 13.0 Å². The highest BCUT2D eigenvalue weighted by Gasteiger charge is 2.23. The molecule has 3 aromatic rings. The Bertz CT molecular complexity index is 1150. The van der Waals surface area contributed by atoms with Crippen LogP contribution in [0.1, 0.15) is 16.7 Å². The zero-order valence-electron chi connectivity index (χ0n) is 15.4. The van der Waals surface area contributed by atoms with E-state index < -0.39 is 0 Å². The number of rotatable bonds is 3. The number of hydrogen-bond donors (Lipinski definition) is 1. The molecule has 1 aliphatic heterocycles. The van der Waals surface area contributed by atoms with Crippen molar-refractivity contribution in [3.8, 4) is 39.3 Å². The minimum absolute atomic E-state index is 0.262. The summed E-state index contributed by atoms with van der Waals surface area (Å²) in [6.45, 7) is 2.69. The molecule has 0 amide bonds. The molecule has 0 radical (unpaired) electrons. The second-order valence-electron chi connectivity index (χ2n) is 6.48. The molecule has 0 spiro atoms. The summed E-state index contributed by atoms with van der Waals surface area (Å²) in [6, 6.07) is 10.3. The number of fused-ring (bicyclic) bond motifs is 3. The monoisotopic (exact) mass is 377 g/mol. The lowest BCUT2D eigenvalue weighted by atomic mass is 9.93. The summed E-state index contributed by atoms with van der Waals surface area (Å²) in [5.41, 5.74) is 5.74. The largest absolute Gasteiger partial charge is 0.493 e. The fourth-order valence-electron chi connectivity index (χ4n) is 3.66. The Morgan fingerprint density at radius 3 is 2.52 bits per heavy atom. The number of nitrogens with zero attached hydrogens (tertiary/aromatic N) is 2. The lowest BCUT2D eigenvalue weighted by molar-refractivity contribution is 0.354. The van der Waals surface area contributed by atoms with Gasteiger partial charge in [-0.15, -0.1) is 11.3 Å². The van der Waals surface area contributed by atoms with E-state index in [-0.39, 0.29) is 5.49 Å². The molecule has 27 heavy (non-hydrogen) atoms. The van der Waals surface area contributed by atoms with Crippen LogP contribution in [0.2, 0.25) is 0 Å². The van der Waals surface area contributed by atoms with Gasteiger partial charge in [0.15, 0.2) is 11.5 Å².